The van der Waals surface area contributed by atoms with Crippen molar-refractivity contribution in [2.24, 2.45) is 11.8 Å². The molecule has 1 unspecified atom stereocenters. The van der Waals surface area contributed by atoms with Crippen molar-refractivity contribution in [1.29, 1.82) is 0 Å². The molecule has 2 aliphatic rings. The van der Waals surface area contributed by atoms with Crippen LogP contribution in [-0.2, 0) is 20.8 Å². The van der Waals surface area contributed by atoms with Gasteiger partial charge in [-0.1, -0.05) is 19.9 Å². The number of carbonyl (C=O) groups excluding carboxylic acids is 2. The monoisotopic (exact) mass is 423 g/mol. The van der Waals surface area contributed by atoms with Crippen molar-refractivity contribution in [3.8, 4) is 0 Å². The van der Waals surface area contributed by atoms with E-state index in [1.54, 1.807) is 32.9 Å². The maximum Gasteiger partial charge on any atom is 0.492 e. The Morgan fingerprint density at radius 2 is 2.00 bits per heavy atom. The number of amides is 1. The maximum atomic E-state index is 13.3. The van der Waals surface area contributed by atoms with E-state index in [9.17, 15) is 23.4 Å². The van der Waals surface area contributed by atoms with Crippen LogP contribution in [0.3, 0.4) is 0 Å². The summed E-state index contributed by atoms with van der Waals surface area (Å²) in [5.41, 5.74) is 2.37. The third-order valence-corrected chi connectivity index (χ3v) is 6.00. The number of hydrogen-bond acceptors (Lipinski definition) is 5. The van der Waals surface area contributed by atoms with E-state index in [2.05, 4.69) is 5.32 Å². The van der Waals surface area contributed by atoms with Crippen LogP contribution in [0.4, 0.5) is 8.78 Å². The molecule has 9 heteroatoms. The van der Waals surface area contributed by atoms with E-state index < -0.39 is 31.0 Å². The lowest BCUT2D eigenvalue weighted by Gasteiger charge is -2.28. The Morgan fingerprint density at radius 3 is 2.63 bits per heavy atom. The number of hydrogen-bond donors (Lipinski definition) is 2. The van der Waals surface area contributed by atoms with Crippen LogP contribution in [-0.4, -0.2) is 42.6 Å². The van der Waals surface area contributed by atoms with Gasteiger partial charge in [0.15, 0.2) is 0 Å². The Morgan fingerprint density at radius 1 is 1.33 bits per heavy atom. The molecule has 30 heavy (non-hydrogen) atoms. The average molecular weight is 423 g/mol. The highest BCUT2D eigenvalue weighted by atomic mass is 19.3. The summed E-state index contributed by atoms with van der Waals surface area (Å²) in [6, 6.07) is 2.52. The van der Waals surface area contributed by atoms with E-state index in [4.69, 9.17) is 9.39 Å². The van der Waals surface area contributed by atoms with Crippen molar-refractivity contribution in [1.82, 2.24) is 5.32 Å². The smallest absolute Gasteiger partial charge is 0.464 e. The van der Waals surface area contributed by atoms with Crippen LogP contribution in [0, 0.1) is 18.8 Å². The topological polar surface area (TPSA) is 84.9 Å². The summed E-state index contributed by atoms with van der Waals surface area (Å²) < 4.78 is 37.1. The molecule has 1 aliphatic heterocycles. The Kier molecular flexibility index (Phi) is 6.82. The third-order valence-electron chi connectivity index (χ3n) is 6.00. The zero-order chi connectivity index (χ0) is 22.1. The molecule has 1 atom stereocenters. The number of carbonyl (C=O) groups is 2. The molecule has 0 bridgehead atoms. The molecular formula is C21H28BF2NO5. The number of alkyl halides is 2. The molecule has 0 aromatic heterocycles. The van der Waals surface area contributed by atoms with Crippen LogP contribution in [0.15, 0.2) is 12.1 Å². The Labute approximate surface area is 175 Å². The maximum absolute atomic E-state index is 13.3. The van der Waals surface area contributed by atoms with E-state index in [0.29, 0.717) is 29.4 Å². The highest BCUT2D eigenvalue weighted by Crippen LogP contribution is 2.36. The second-order valence-corrected chi connectivity index (χ2v) is 8.60. The summed E-state index contributed by atoms with van der Waals surface area (Å²) in [6.07, 6.45) is 0.259. The van der Waals surface area contributed by atoms with Gasteiger partial charge >= 0.3 is 13.1 Å². The first-order valence-corrected chi connectivity index (χ1v) is 10.4. The third kappa shape index (κ3) is 5.00. The van der Waals surface area contributed by atoms with Crippen LogP contribution >= 0.6 is 0 Å². The molecule has 0 saturated heterocycles. The number of esters is 1. The molecule has 1 amide bonds. The molecule has 2 N–H and O–H groups in total. The van der Waals surface area contributed by atoms with Crippen molar-refractivity contribution < 1.29 is 32.8 Å². The first-order chi connectivity index (χ1) is 14.1. The molecule has 1 fully saturated rings. The van der Waals surface area contributed by atoms with E-state index >= 15 is 0 Å². The van der Waals surface area contributed by atoms with E-state index in [0.717, 1.165) is 5.56 Å². The molecule has 1 heterocycles. The number of nitrogens with one attached hydrogen (secondary N) is 1. The minimum absolute atomic E-state index is 0.0788. The SMILES string of the molecule is Cc1c(C(=O)NC(C(=O)OCC2CCC(F)(F)CC2)C(C)C)ccc2c1B(O)OC2. The predicted octanol–water partition coefficient (Wildman–Crippen LogP) is 2.34. The average Bonchev–Trinajstić information content (AvgIpc) is 3.06. The Balaban J connectivity index is 1.62. The number of ether oxygens (including phenoxy) is 1. The molecule has 164 valence electrons. The summed E-state index contributed by atoms with van der Waals surface area (Å²) in [6.45, 7) is 5.68. The van der Waals surface area contributed by atoms with E-state index in [-0.39, 0.29) is 37.9 Å². The van der Waals surface area contributed by atoms with Crippen molar-refractivity contribution in [3.05, 3.63) is 28.8 Å². The lowest BCUT2D eigenvalue weighted by Crippen LogP contribution is -2.46. The van der Waals surface area contributed by atoms with Gasteiger partial charge in [0.1, 0.15) is 6.04 Å². The molecule has 1 saturated carbocycles. The van der Waals surface area contributed by atoms with Crippen LogP contribution in [0.2, 0.25) is 0 Å². The van der Waals surface area contributed by atoms with Crippen molar-refractivity contribution in [2.45, 2.75) is 65.0 Å². The standard InChI is InChI=1S/C21H28BF2NO5/c1-12(2)18(20(27)29-10-14-6-8-21(23,24)9-7-14)25-19(26)16-5-4-15-11-30-22(28)17(15)13(16)3/h4-5,12,14,18,28H,6-11H2,1-3H3,(H,25,26). The van der Waals surface area contributed by atoms with Gasteiger partial charge in [-0.25, -0.2) is 13.6 Å². The fraction of sp³-hybridized carbons (Fsp3) is 0.619. The molecule has 0 spiro atoms. The molecule has 0 radical (unpaired) electrons. The zero-order valence-electron chi connectivity index (χ0n) is 17.5. The minimum Gasteiger partial charge on any atom is -0.464 e. The van der Waals surface area contributed by atoms with Gasteiger partial charge in [0.25, 0.3) is 5.91 Å². The fourth-order valence-electron chi connectivity index (χ4n) is 4.03. The normalized spacial score (nSPS) is 19.5. The summed E-state index contributed by atoms with van der Waals surface area (Å²) in [4.78, 5) is 25.4. The number of fused-ring (bicyclic) bond motifs is 1. The molecule has 1 aliphatic carbocycles. The van der Waals surface area contributed by atoms with E-state index in [1.165, 1.54) is 0 Å². The van der Waals surface area contributed by atoms with Gasteiger partial charge in [0.05, 0.1) is 13.2 Å². The summed E-state index contributed by atoms with van der Waals surface area (Å²) >= 11 is 0. The van der Waals surface area contributed by atoms with E-state index in [1.807, 2.05) is 0 Å². The number of rotatable bonds is 6. The van der Waals surface area contributed by atoms with Gasteiger partial charge in [-0.2, -0.15) is 0 Å². The van der Waals surface area contributed by atoms with Gasteiger partial charge < -0.3 is 19.7 Å². The highest BCUT2D eigenvalue weighted by Gasteiger charge is 2.36. The molecule has 3 rings (SSSR count). The van der Waals surface area contributed by atoms with Crippen LogP contribution in [0.25, 0.3) is 0 Å². The lowest BCUT2D eigenvalue weighted by molar-refractivity contribution is -0.149. The Bertz CT molecular complexity index is 807. The number of halogens is 2. The summed E-state index contributed by atoms with van der Waals surface area (Å²) in [5, 5.41) is 12.7. The van der Waals surface area contributed by atoms with Crippen LogP contribution < -0.4 is 10.8 Å². The van der Waals surface area contributed by atoms with Crippen molar-refractivity contribution >= 4 is 24.5 Å². The van der Waals surface area contributed by atoms with Gasteiger partial charge in [-0.3, -0.25) is 4.79 Å². The molecule has 1 aromatic carbocycles. The largest absolute Gasteiger partial charge is 0.492 e. The van der Waals surface area contributed by atoms with Gasteiger partial charge in [-0.15, -0.1) is 0 Å². The van der Waals surface area contributed by atoms with Crippen molar-refractivity contribution in [3.63, 3.8) is 0 Å². The van der Waals surface area contributed by atoms with Crippen LogP contribution in [0.5, 0.6) is 0 Å². The summed E-state index contributed by atoms with van der Waals surface area (Å²) in [5.74, 6) is -3.94. The lowest BCUT2D eigenvalue weighted by atomic mass is 9.75. The van der Waals surface area contributed by atoms with Gasteiger partial charge in [-0.05, 0) is 54.3 Å². The Hall–Kier alpha value is -2.00. The van der Waals surface area contributed by atoms with Crippen molar-refractivity contribution in [2.75, 3.05) is 6.61 Å². The number of benzene rings is 1. The second-order valence-electron chi connectivity index (χ2n) is 8.60. The minimum atomic E-state index is -2.62. The van der Waals surface area contributed by atoms with Crippen LogP contribution in [0.1, 0.15) is 61.0 Å². The summed E-state index contributed by atoms with van der Waals surface area (Å²) in [7, 11) is -1.07. The molecule has 6 nitrogen and oxygen atoms in total. The quantitative estimate of drug-likeness (QED) is 0.542. The second kappa shape index (κ2) is 9.02. The van der Waals surface area contributed by atoms with Gasteiger partial charge in [0, 0.05) is 18.4 Å². The first-order valence-electron chi connectivity index (χ1n) is 10.4. The van der Waals surface area contributed by atoms with Gasteiger partial charge in [0.2, 0.25) is 5.92 Å². The molecular weight excluding hydrogens is 395 g/mol. The zero-order valence-corrected chi connectivity index (χ0v) is 17.5. The predicted molar refractivity (Wildman–Crippen MR) is 108 cm³/mol. The first kappa shape index (κ1) is 22.7. The highest BCUT2D eigenvalue weighted by molar-refractivity contribution is 6.62. The molecule has 1 aromatic rings. The fourth-order valence-corrected chi connectivity index (χ4v) is 4.03.